The van der Waals surface area contributed by atoms with E-state index in [1.54, 1.807) is 14.1 Å². The second kappa shape index (κ2) is 6.93. The van der Waals surface area contributed by atoms with E-state index in [9.17, 15) is 9.59 Å². The van der Waals surface area contributed by atoms with E-state index in [1.807, 2.05) is 6.92 Å². The second-order valence-corrected chi connectivity index (χ2v) is 4.91. The summed E-state index contributed by atoms with van der Waals surface area (Å²) in [6.45, 7) is 2.99. The molecule has 0 saturated carbocycles. The van der Waals surface area contributed by atoms with Crippen LogP contribution >= 0.6 is 11.3 Å². The third-order valence-corrected chi connectivity index (χ3v) is 3.49. The Bertz CT molecular complexity index is 460. The summed E-state index contributed by atoms with van der Waals surface area (Å²) >= 11 is 1.22. The number of thiazole rings is 1. The normalized spacial score (nSPS) is 10.1. The number of hydrogen-bond donors (Lipinski definition) is 3. The Morgan fingerprint density at radius 1 is 1.47 bits per heavy atom. The average molecular weight is 285 g/mol. The summed E-state index contributed by atoms with van der Waals surface area (Å²) in [5.74, 6) is -0.105. The summed E-state index contributed by atoms with van der Waals surface area (Å²) in [5.41, 5.74) is 5.73. The Morgan fingerprint density at radius 3 is 2.74 bits per heavy atom. The minimum Gasteiger partial charge on any atom is -0.382 e. The van der Waals surface area contributed by atoms with Gasteiger partial charge in [-0.1, -0.05) is 11.3 Å². The predicted octanol–water partition coefficient (Wildman–Crippen LogP) is 0.365. The van der Waals surface area contributed by atoms with Crippen LogP contribution in [0.1, 0.15) is 23.0 Å². The van der Waals surface area contributed by atoms with E-state index in [-0.39, 0.29) is 24.1 Å². The van der Waals surface area contributed by atoms with Gasteiger partial charge < -0.3 is 21.3 Å². The molecular formula is C11H19N5O2S. The van der Waals surface area contributed by atoms with Gasteiger partial charge in [0.05, 0.1) is 0 Å². The Balaban J connectivity index is 2.68. The maximum atomic E-state index is 12.1. The molecule has 0 saturated heterocycles. The van der Waals surface area contributed by atoms with Crippen molar-refractivity contribution in [3.63, 3.8) is 0 Å². The molecule has 106 valence electrons. The van der Waals surface area contributed by atoms with Crippen molar-refractivity contribution in [2.24, 2.45) is 0 Å². The number of anilines is 2. The van der Waals surface area contributed by atoms with Gasteiger partial charge in [-0.3, -0.25) is 9.59 Å². The van der Waals surface area contributed by atoms with E-state index in [1.165, 1.54) is 16.2 Å². The van der Waals surface area contributed by atoms with Crippen molar-refractivity contribution in [3.05, 3.63) is 4.88 Å². The predicted molar refractivity (Wildman–Crippen MR) is 76.3 cm³/mol. The summed E-state index contributed by atoms with van der Waals surface area (Å²) in [7, 11) is 3.20. The van der Waals surface area contributed by atoms with E-state index < -0.39 is 0 Å². The van der Waals surface area contributed by atoms with E-state index in [0.717, 1.165) is 0 Å². The van der Waals surface area contributed by atoms with Crippen LogP contribution in [0.2, 0.25) is 0 Å². The lowest BCUT2D eigenvalue weighted by molar-refractivity contribution is -0.120. The molecule has 0 aromatic carbocycles. The van der Waals surface area contributed by atoms with Gasteiger partial charge in [0.25, 0.3) is 5.91 Å². The quantitative estimate of drug-likeness (QED) is 0.701. The molecule has 0 radical (unpaired) electrons. The molecule has 0 aliphatic carbocycles. The van der Waals surface area contributed by atoms with Crippen molar-refractivity contribution in [2.45, 2.75) is 13.3 Å². The maximum Gasteiger partial charge on any atom is 0.267 e. The minimum atomic E-state index is -0.219. The topological polar surface area (TPSA) is 100 Å². The standard InChI is InChI=1S/C11H19N5O2S/c1-4-14-11-15-9(12)8(19-11)10(18)16(3)6-5-7(17)13-2/h4-6,12H2,1-3H3,(H,13,17)(H,14,15). The van der Waals surface area contributed by atoms with E-state index >= 15 is 0 Å². The molecule has 8 heteroatoms. The number of amides is 2. The first-order chi connectivity index (χ1) is 8.99. The minimum absolute atomic E-state index is 0.106. The van der Waals surface area contributed by atoms with E-state index in [2.05, 4.69) is 15.6 Å². The Morgan fingerprint density at radius 2 is 2.16 bits per heavy atom. The van der Waals surface area contributed by atoms with Crippen LogP contribution in [0.25, 0.3) is 0 Å². The molecule has 0 fully saturated rings. The molecule has 7 nitrogen and oxygen atoms in total. The summed E-state index contributed by atoms with van der Waals surface area (Å²) in [6, 6.07) is 0. The highest BCUT2D eigenvalue weighted by molar-refractivity contribution is 7.18. The first kappa shape index (κ1) is 15.2. The summed E-state index contributed by atoms with van der Waals surface area (Å²) in [6.07, 6.45) is 0.261. The van der Waals surface area contributed by atoms with Crippen LogP contribution in [-0.2, 0) is 4.79 Å². The highest BCUT2D eigenvalue weighted by Gasteiger charge is 2.19. The molecule has 0 aliphatic rings. The number of hydrogen-bond acceptors (Lipinski definition) is 6. The monoisotopic (exact) mass is 285 g/mol. The lowest BCUT2D eigenvalue weighted by atomic mass is 10.3. The van der Waals surface area contributed by atoms with Crippen molar-refractivity contribution in [2.75, 3.05) is 38.2 Å². The van der Waals surface area contributed by atoms with Gasteiger partial charge in [0.2, 0.25) is 5.91 Å². The molecule has 1 aromatic heterocycles. The SMILES string of the molecule is CCNc1nc(N)c(C(=O)N(C)CCC(=O)NC)s1. The number of nitrogens with two attached hydrogens (primary N) is 1. The van der Waals surface area contributed by atoms with Crippen molar-refractivity contribution in [1.82, 2.24) is 15.2 Å². The molecule has 0 atom stereocenters. The van der Waals surface area contributed by atoms with Gasteiger partial charge >= 0.3 is 0 Å². The smallest absolute Gasteiger partial charge is 0.267 e. The molecule has 1 aromatic rings. The Kier molecular flexibility index (Phi) is 5.56. The van der Waals surface area contributed by atoms with Crippen LogP contribution in [-0.4, -0.2) is 48.9 Å². The average Bonchev–Trinajstić information content (AvgIpc) is 2.76. The van der Waals surface area contributed by atoms with E-state index in [0.29, 0.717) is 23.1 Å². The molecule has 1 heterocycles. The first-order valence-electron chi connectivity index (χ1n) is 5.95. The highest BCUT2D eigenvalue weighted by atomic mass is 32.1. The summed E-state index contributed by atoms with van der Waals surface area (Å²) in [5, 5.41) is 6.15. The van der Waals surface area contributed by atoms with Gasteiger partial charge in [-0.15, -0.1) is 0 Å². The van der Waals surface area contributed by atoms with Crippen LogP contribution in [0.15, 0.2) is 0 Å². The first-order valence-corrected chi connectivity index (χ1v) is 6.77. The second-order valence-electron chi connectivity index (χ2n) is 3.91. The van der Waals surface area contributed by atoms with E-state index in [4.69, 9.17) is 5.73 Å². The lowest BCUT2D eigenvalue weighted by Gasteiger charge is -2.15. The fraction of sp³-hybridized carbons (Fsp3) is 0.545. The Labute approximate surface area is 116 Å². The fourth-order valence-corrected chi connectivity index (χ4v) is 2.33. The number of carbonyl (C=O) groups excluding carboxylic acids is 2. The van der Waals surface area contributed by atoms with Gasteiger partial charge in [-0.05, 0) is 6.92 Å². The van der Waals surface area contributed by atoms with Gasteiger partial charge in [0.15, 0.2) is 5.13 Å². The molecule has 1 rings (SSSR count). The Hall–Kier alpha value is -1.83. The zero-order valence-electron chi connectivity index (χ0n) is 11.3. The number of nitrogens with zero attached hydrogens (tertiary/aromatic N) is 2. The highest BCUT2D eigenvalue weighted by Crippen LogP contribution is 2.25. The number of nitrogen functional groups attached to an aromatic ring is 1. The molecule has 0 bridgehead atoms. The van der Waals surface area contributed by atoms with Crippen LogP contribution in [0.4, 0.5) is 10.9 Å². The summed E-state index contributed by atoms with van der Waals surface area (Å²) < 4.78 is 0. The van der Waals surface area contributed by atoms with Crippen molar-refractivity contribution in [1.29, 1.82) is 0 Å². The third-order valence-electron chi connectivity index (χ3n) is 2.48. The molecule has 0 spiro atoms. The van der Waals surface area contributed by atoms with Crippen LogP contribution in [0, 0.1) is 0 Å². The van der Waals surface area contributed by atoms with Crippen molar-refractivity contribution >= 4 is 34.1 Å². The van der Waals surface area contributed by atoms with Crippen LogP contribution in [0.5, 0.6) is 0 Å². The summed E-state index contributed by atoms with van der Waals surface area (Å²) in [4.78, 5) is 29.2. The van der Waals surface area contributed by atoms with Crippen LogP contribution in [0.3, 0.4) is 0 Å². The number of rotatable bonds is 6. The number of carbonyl (C=O) groups is 2. The maximum absolute atomic E-state index is 12.1. The third kappa shape index (κ3) is 4.09. The van der Waals surface area contributed by atoms with Crippen molar-refractivity contribution < 1.29 is 9.59 Å². The fourth-order valence-electron chi connectivity index (χ4n) is 1.38. The zero-order chi connectivity index (χ0) is 14.4. The van der Waals surface area contributed by atoms with Crippen LogP contribution < -0.4 is 16.4 Å². The lowest BCUT2D eigenvalue weighted by Crippen LogP contribution is -2.31. The van der Waals surface area contributed by atoms with Gasteiger partial charge in [-0.2, -0.15) is 0 Å². The number of nitrogens with one attached hydrogen (secondary N) is 2. The zero-order valence-corrected chi connectivity index (χ0v) is 12.1. The molecular weight excluding hydrogens is 266 g/mol. The van der Waals surface area contributed by atoms with Gasteiger partial charge in [0.1, 0.15) is 10.7 Å². The van der Waals surface area contributed by atoms with Gasteiger partial charge in [-0.25, -0.2) is 4.98 Å². The molecule has 4 N–H and O–H groups in total. The number of aromatic nitrogens is 1. The molecule has 2 amide bonds. The molecule has 19 heavy (non-hydrogen) atoms. The van der Waals surface area contributed by atoms with Crippen molar-refractivity contribution in [3.8, 4) is 0 Å². The van der Waals surface area contributed by atoms with Gasteiger partial charge in [0, 0.05) is 33.6 Å². The molecule has 0 aliphatic heterocycles. The molecule has 0 unspecified atom stereocenters. The largest absolute Gasteiger partial charge is 0.382 e.